The predicted molar refractivity (Wildman–Crippen MR) is 293 cm³/mol. The summed E-state index contributed by atoms with van der Waals surface area (Å²) >= 11 is 0. The molecule has 2 nitrogen and oxygen atoms in total. The molecule has 0 saturated heterocycles. The number of fused-ring (bicyclic) bond motifs is 24. The summed E-state index contributed by atoms with van der Waals surface area (Å²) < 4.78 is 0. The molecule has 0 amide bonds. The molecule has 0 bridgehead atoms. The van der Waals surface area contributed by atoms with Crippen LogP contribution in [0.1, 0.15) is 44.5 Å². The molecular weight excluding hydrogens is 856 g/mol. The number of benzene rings is 11. The molecule has 2 aliphatic heterocycles. The topological polar surface area (TPSA) is 6.48 Å². The SMILES string of the molecule is c1ccc2c(c1)B1c3ccccc3N(c3cccc4c3C3(c5ccccc5-c5ccccc53)c3ccccc3-4)c3cccc(c31)N2c1cccc2c1C1(c3ccccc3-c3ccccc31)c1ccccc1-2. The summed E-state index contributed by atoms with van der Waals surface area (Å²) in [5.41, 5.74) is 31.4. The van der Waals surface area contributed by atoms with Gasteiger partial charge in [0, 0.05) is 33.9 Å². The molecule has 17 rings (SSSR count). The van der Waals surface area contributed by atoms with Gasteiger partial charge in [0.25, 0.3) is 6.71 Å². The maximum atomic E-state index is 2.64. The van der Waals surface area contributed by atoms with Crippen LogP contribution in [0.4, 0.5) is 34.1 Å². The molecule has 0 radical (unpaired) electrons. The third kappa shape index (κ3) is 4.36. The van der Waals surface area contributed by atoms with E-state index in [0.717, 1.165) is 0 Å². The van der Waals surface area contributed by atoms with Crippen molar-refractivity contribution in [2.24, 2.45) is 0 Å². The van der Waals surface area contributed by atoms with Crippen molar-refractivity contribution in [3.05, 3.63) is 293 Å². The highest BCUT2D eigenvalue weighted by Gasteiger charge is 2.56. The fourth-order valence-electron chi connectivity index (χ4n) is 15.0. The second-order valence-corrected chi connectivity index (χ2v) is 20.1. The molecule has 3 heteroatoms. The van der Waals surface area contributed by atoms with E-state index < -0.39 is 10.8 Å². The average molecular weight is 897 g/mol. The number of anilines is 6. The lowest BCUT2D eigenvalue weighted by Gasteiger charge is -2.46. The number of hydrogen-bond donors (Lipinski definition) is 0. The monoisotopic (exact) mass is 896 g/mol. The molecule has 4 aliphatic carbocycles. The predicted octanol–water partition coefficient (Wildman–Crippen LogP) is 14.5. The van der Waals surface area contributed by atoms with Crippen molar-refractivity contribution in [3.8, 4) is 44.5 Å². The minimum atomic E-state index is -0.517. The fraction of sp³-hybridized carbons (Fsp3) is 0.0294. The summed E-state index contributed by atoms with van der Waals surface area (Å²) in [5.74, 6) is 0. The Balaban J connectivity index is 0.965. The van der Waals surface area contributed by atoms with Gasteiger partial charge in [0.05, 0.1) is 22.2 Å². The zero-order valence-electron chi connectivity index (χ0n) is 38.6. The first-order valence-electron chi connectivity index (χ1n) is 25.1. The lowest BCUT2D eigenvalue weighted by Crippen LogP contribution is -2.61. The molecule has 0 atom stereocenters. The van der Waals surface area contributed by atoms with E-state index in [9.17, 15) is 0 Å². The van der Waals surface area contributed by atoms with Crippen molar-refractivity contribution in [1.82, 2.24) is 0 Å². The van der Waals surface area contributed by atoms with Gasteiger partial charge in [-0.05, 0) is 131 Å². The standard InChI is InChI=1S/C68H41BN2/c1-7-28-50-42(20-1)43-21-2-8-29-51(43)67(50)54-32-11-5-24-46(54)48-26-17-38-60(64(48)67)70-58-36-15-13-34-56(58)69-57-35-14-16-37-59(57)71(63-41-19-40-62(70)66(63)69)61-39-18-27-49-47-25-6-12-33-55(47)68(65(49)61)52-30-9-3-22-44(52)45-23-4-10-31-53(45)68/h1-41H. The first kappa shape index (κ1) is 38.0. The van der Waals surface area contributed by atoms with E-state index in [1.165, 1.54) is 140 Å². The fourth-order valence-corrected chi connectivity index (χ4v) is 15.0. The molecule has 0 saturated carbocycles. The summed E-state index contributed by atoms with van der Waals surface area (Å²) in [6.07, 6.45) is 0. The quantitative estimate of drug-likeness (QED) is 0.160. The molecule has 0 fully saturated rings. The van der Waals surface area contributed by atoms with Gasteiger partial charge in [-0.1, -0.05) is 212 Å². The Hall–Kier alpha value is -8.92. The third-order valence-corrected chi connectivity index (χ3v) is 17.3. The van der Waals surface area contributed by atoms with Crippen molar-refractivity contribution in [2.75, 3.05) is 9.80 Å². The average Bonchev–Trinajstić information content (AvgIpc) is 4.14. The summed E-state index contributed by atoms with van der Waals surface area (Å²) in [7, 11) is 0. The maximum Gasteiger partial charge on any atom is 0.252 e. The van der Waals surface area contributed by atoms with Crippen molar-refractivity contribution in [3.63, 3.8) is 0 Å². The maximum absolute atomic E-state index is 2.64. The summed E-state index contributed by atoms with van der Waals surface area (Å²) in [6, 6.07) is 94.8. The van der Waals surface area contributed by atoms with E-state index in [2.05, 4.69) is 259 Å². The van der Waals surface area contributed by atoms with Crippen LogP contribution in [0.15, 0.2) is 249 Å². The molecule has 11 aromatic carbocycles. The van der Waals surface area contributed by atoms with Crippen molar-refractivity contribution in [2.45, 2.75) is 10.8 Å². The first-order valence-corrected chi connectivity index (χ1v) is 25.1. The summed E-state index contributed by atoms with van der Waals surface area (Å²) in [5, 5.41) is 0. The van der Waals surface area contributed by atoms with Gasteiger partial charge in [-0.2, -0.15) is 0 Å². The highest BCUT2D eigenvalue weighted by atomic mass is 15.2. The molecule has 2 heterocycles. The summed E-state index contributed by atoms with van der Waals surface area (Å²) in [4.78, 5) is 5.28. The Morgan fingerprint density at radius 3 is 0.845 bits per heavy atom. The van der Waals surface area contributed by atoms with Gasteiger partial charge in [0.1, 0.15) is 0 Å². The first-order chi connectivity index (χ1) is 35.3. The van der Waals surface area contributed by atoms with E-state index in [1.807, 2.05) is 0 Å². The smallest absolute Gasteiger partial charge is 0.252 e. The normalized spacial score (nSPS) is 15.2. The Kier molecular flexibility index (Phi) is 7.19. The van der Waals surface area contributed by atoms with Crippen LogP contribution in [0.3, 0.4) is 0 Å². The number of rotatable bonds is 2. The molecular formula is C68H41BN2. The van der Waals surface area contributed by atoms with Gasteiger partial charge in [-0.15, -0.1) is 0 Å². The Bertz CT molecular complexity index is 3790. The Morgan fingerprint density at radius 2 is 0.479 bits per heavy atom. The lowest BCUT2D eigenvalue weighted by molar-refractivity contribution is 0.792. The van der Waals surface area contributed by atoms with Crippen LogP contribution in [-0.4, -0.2) is 6.71 Å². The van der Waals surface area contributed by atoms with Gasteiger partial charge >= 0.3 is 0 Å². The van der Waals surface area contributed by atoms with Crippen LogP contribution < -0.4 is 26.2 Å². The third-order valence-electron chi connectivity index (χ3n) is 17.3. The minimum absolute atomic E-state index is 0.00722. The van der Waals surface area contributed by atoms with Crippen molar-refractivity contribution < 1.29 is 0 Å². The zero-order valence-corrected chi connectivity index (χ0v) is 38.6. The van der Waals surface area contributed by atoms with Gasteiger partial charge in [0.2, 0.25) is 0 Å². The van der Waals surface area contributed by atoms with Gasteiger partial charge in [0.15, 0.2) is 0 Å². The Labute approximate surface area is 413 Å². The van der Waals surface area contributed by atoms with Crippen LogP contribution in [0.2, 0.25) is 0 Å². The van der Waals surface area contributed by atoms with E-state index in [1.54, 1.807) is 0 Å². The van der Waals surface area contributed by atoms with Crippen molar-refractivity contribution in [1.29, 1.82) is 0 Å². The van der Waals surface area contributed by atoms with E-state index >= 15 is 0 Å². The van der Waals surface area contributed by atoms with Gasteiger partial charge in [-0.3, -0.25) is 0 Å². The number of hydrogen-bond acceptors (Lipinski definition) is 2. The van der Waals surface area contributed by atoms with Crippen LogP contribution in [0, 0.1) is 0 Å². The lowest BCUT2D eigenvalue weighted by atomic mass is 9.33. The molecule has 2 spiro atoms. The largest absolute Gasteiger partial charge is 0.311 e. The molecule has 11 aromatic rings. The molecule has 0 aromatic heterocycles. The number of para-hydroxylation sites is 2. The Morgan fingerprint density at radius 1 is 0.225 bits per heavy atom. The highest BCUT2D eigenvalue weighted by Crippen LogP contribution is 2.67. The van der Waals surface area contributed by atoms with Crippen LogP contribution in [0.25, 0.3) is 44.5 Å². The van der Waals surface area contributed by atoms with Crippen LogP contribution >= 0.6 is 0 Å². The van der Waals surface area contributed by atoms with Gasteiger partial charge < -0.3 is 9.80 Å². The van der Waals surface area contributed by atoms with Crippen molar-refractivity contribution >= 4 is 57.2 Å². The second-order valence-electron chi connectivity index (χ2n) is 20.1. The molecule has 0 N–H and O–H groups in total. The molecule has 6 aliphatic rings. The van der Waals surface area contributed by atoms with E-state index in [4.69, 9.17) is 0 Å². The van der Waals surface area contributed by atoms with Crippen LogP contribution in [0.5, 0.6) is 0 Å². The van der Waals surface area contributed by atoms with E-state index in [0.29, 0.717) is 0 Å². The molecule has 326 valence electrons. The zero-order chi connectivity index (χ0) is 46.2. The van der Waals surface area contributed by atoms with E-state index in [-0.39, 0.29) is 6.71 Å². The number of nitrogens with zero attached hydrogens (tertiary/aromatic N) is 2. The minimum Gasteiger partial charge on any atom is -0.311 e. The van der Waals surface area contributed by atoms with Crippen LogP contribution in [-0.2, 0) is 10.8 Å². The molecule has 0 unspecified atom stereocenters. The highest BCUT2D eigenvalue weighted by molar-refractivity contribution is 7.00. The molecule has 71 heavy (non-hydrogen) atoms. The second kappa shape index (κ2) is 13.4. The summed E-state index contributed by atoms with van der Waals surface area (Å²) in [6.45, 7) is 0.00722. The van der Waals surface area contributed by atoms with Gasteiger partial charge in [-0.25, -0.2) is 0 Å².